The van der Waals surface area contributed by atoms with Crippen molar-refractivity contribution in [1.82, 2.24) is 5.32 Å². The number of halogens is 2. The van der Waals surface area contributed by atoms with E-state index in [1.54, 1.807) is 18.2 Å². The first-order chi connectivity index (χ1) is 13.7. The van der Waals surface area contributed by atoms with Gasteiger partial charge in [0.2, 0.25) is 0 Å². The number of thiocarbonyl (C=S) groups is 1. The van der Waals surface area contributed by atoms with Crippen molar-refractivity contribution in [1.29, 1.82) is 0 Å². The maximum Gasteiger partial charge on any atom is 0.337 e. The van der Waals surface area contributed by atoms with Crippen LogP contribution >= 0.6 is 35.4 Å². The van der Waals surface area contributed by atoms with E-state index in [2.05, 4.69) is 10.6 Å². The van der Waals surface area contributed by atoms with Gasteiger partial charge < -0.3 is 14.8 Å². The predicted octanol–water partition coefficient (Wildman–Crippen LogP) is 5.39. The van der Waals surface area contributed by atoms with E-state index in [1.165, 1.54) is 18.2 Å². The molecule has 0 fully saturated rings. The molecule has 6 nitrogen and oxygen atoms in total. The largest absolute Gasteiger partial charge is 0.478 e. The van der Waals surface area contributed by atoms with Crippen LogP contribution in [-0.4, -0.2) is 22.1 Å². The summed E-state index contributed by atoms with van der Waals surface area (Å²) in [4.78, 5) is 23.5. The van der Waals surface area contributed by atoms with Crippen LogP contribution in [0.3, 0.4) is 0 Å². The Bertz CT molecular complexity index is 1130. The highest BCUT2D eigenvalue weighted by molar-refractivity contribution is 7.80. The topological polar surface area (TPSA) is 91.6 Å². The zero-order valence-corrected chi connectivity index (χ0v) is 17.3. The van der Waals surface area contributed by atoms with Gasteiger partial charge in [0.05, 0.1) is 10.6 Å². The van der Waals surface area contributed by atoms with Gasteiger partial charge in [-0.05, 0) is 61.1 Å². The molecule has 29 heavy (non-hydrogen) atoms. The number of furan rings is 1. The lowest BCUT2D eigenvalue weighted by atomic mass is 10.1. The van der Waals surface area contributed by atoms with Crippen LogP contribution in [0.15, 0.2) is 52.9 Å². The van der Waals surface area contributed by atoms with Gasteiger partial charge in [0.15, 0.2) is 10.9 Å². The Morgan fingerprint density at radius 2 is 1.79 bits per heavy atom. The molecule has 3 aromatic rings. The van der Waals surface area contributed by atoms with Crippen molar-refractivity contribution in [2.45, 2.75) is 6.92 Å². The fourth-order valence-electron chi connectivity index (χ4n) is 2.46. The van der Waals surface area contributed by atoms with Crippen LogP contribution < -0.4 is 10.6 Å². The number of aryl methyl sites for hydroxylation is 1. The zero-order valence-electron chi connectivity index (χ0n) is 15.0. The SMILES string of the molecule is Cc1ccc(-c2ccc(C(=O)NC(=S)Nc3ccc(Cl)c(C(=O)O)c3)o2)cc1Cl. The second-order valence-electron chi connectivity index (χ2n) is 6.04. The first-order valence-corrected chi connectivity index (χ1v) is 9.42. The third-order valence-corrected chi connectivity index (χ3v) is 4.91. The number of nitrogens with one attached hydrogen (secondary N) is 2. The lowest BCUT2D eigenvalue weighted by molar-refractivity contribution is 0.0697. The van der Waals surface area contributed by atoms with Crippen LogP contribution in [0, 0.1) is 6.92 Å². The smallest absolute Gasteiger partial charge is 0.337 e. The number of carbonyl (C=O) groups is 2. The Kier molecular flexibility index (Phi) is 6.22. The molecule has 0 radical (unpaired) electrons. The molecule has 148 valence electrons. The first kappa shape index (κ1) is 20.9. The van der Waals surface area contributed by atoms with E-state index in [9.17, 15) is 9.59 Å². The zero-order chi connectivity index (χ0) is 21.1. The second kappa shape index (κ2) is 8.65. The summed E-state index contributed by atoms with van der Waals surface area (Å²) in [5.74, 6) is -1.18. The van der Waals surface area contributed by atoms with Crippen LogP contribution in [0.2, 0.25) is 10.0 Å². The van der Waals surface area contributed by atoms with Gasteiger partial charge in [-0.1, -0.05) is 35.3 Å². The van der Waals surface area contributed by atoms with Gasteiger partial charge in [-0.2, -0.15) is 0 Å². The molecular formula is C20H14Cl2N2O4S. The van der Waals surface area contributed by atoms with Gasteiger partial charge in [-0.3, -0.25) is 10.1 Å². The lowest BCUT2D eigenvalue weighted by Crippen LogP contribution is -2.33. The molecule has 1 heterocycles. The number of anilines is 1. The third-order valence-electron chi connectivity index (χ3n) is 3.97. The number of aromatic carboxylic acids is 1. The Morgan fingerprint density at radius 3 is 2.48 bits per heavy atom. The molecular weight excluding hydrogens is 435 g/mol. The van der Waals surface area contributed by atoms with E-state index in [0.717, 1.165) is 11.1 Å². The van der Waals surface area contributed by atoms with Gasteiger partial charge >= 0.3 is 5.97 Å². The number of rotatable bonds is 4. The molecule has 0 bridgehead atoms. The van der Waals surface area contributed by atoms with Crippen molar-refractivity contribution in [3.63, 3.8) is 0 Å². The van der Waals surface area contributed by atoms with Crippen molar-refractivity contribution in [3.05, 3.63) is 75.5 Å². The number of carboxylic acids is 1. The molecule has 0 saturated carbocycles. The summed E-state index contributed by atoms with van der Waals surface area (Å²) >= 11 is 17.1. The standard InChI is InChI=1S/C20H14Cl2N2O4S/c1-10-2-3-11(8-15(10)22)16-6-7-17(28-16)18(25)24-20(29)23-12-4-5-14(21)13(9-12)19(26)27/h2-9H,1H3,(H,26,27)(H2,23,24,25,29). The van der Waals surface area contributed by atoms with E-state index in [4.69, 9.17) is 44.9 Å². The molecule has 1 aromatic heterocycles. The Morgan fingerprint density at radius 1 is 1.03 bits per heavy atom. The lowest BCUT2D eigenvalue weighted by Gasteiger charge is -2.10. The Labute approximate surface area is 181 Å². The van der Waals surface area contributed by atoms with E-state index in [0.29, 0.717) is 16.5 Å². The van der Waals surface area contributed by atoms with E-state index in [1.807, 2.05) is 19.1 Å². The van der Waals surface area contributed by atoms with Crippen molar-refractivity contribution in [2.24, 2.45) is 0 Å². The highest BCUT2D eigenvalue weighted by Gasteiger charge is 2.15. The molecule has 0 aliphatic heterocycles. The van der Waals surface area contributed by atoms with Crippen LogP contribution in [0.5, 0.6) is 0 Å². The summed E-state index contributed by atoms with van der Waals surface area (Å²) in [5, 5.41) is 15.0. The van der Waals surface area contributed by atoms with E-state index < -0.39 is 11.9 Å². The van der Waals surface area contributed by atoms with Crippen LogP contribution in [0.1, 0.15) is 26.5 Å². The van der Waals surface area contributed by atoms with Gasteiger partial charge in [0.25, 0.3) is 5.91 Å². The molecule has 9 heteroatoms. The minimum absolute atomic E-state index is 0.0232. The molecule has 0 aliphatic rings. The van der Waals surface area contributed by atoms with E-state index in [-0.39, 0.29) is 21.5 Å². The fraction of sp³-hybridized carbons (Fsp3) is 0.0500. The fourth-order valence-corrected chi connectivity index (χ4v) is 3.04. The van der Waals surface area contributed by atoms with Crippen LogP contribution in [-0.2, 0) is 0 Å². The maximum atomic E-state index is 12.4. The molecule has 0 atom stereocenters. The second-order valence-corrected chi connectivity index (χ2v) is 7.26. The molecule has 0 saturated heterocycles. The number of amides is 1. The average Bonchev–Trinajstić information content (AvgIpc) is 3.15. The summed E-state index contributed by atoms with van der Waals surface area (Å²) in [6.07, 6.45) is 0. The summed E-state index contributed by atoms with van der Waals surface area (Å²) in [7, 11) is 0. The summed E-state index contributed by atoms with van der Waals surface area (Å²) in [5.41, 5.74) is 1.96. The molecule has 0 unspecified atom stereocenters. The van der Waals surface area contributed by atoms with Crippen molar-refractivity contribution >= 4 is 58.1 Å². The molecule has 3 N–H and O–H groups in total. The van der Waals surface area contributed by atoms with Gasteiger partial charge in [-0.25, -0.2) is 4.79 Å². The van der Waals surface area contributed by atoms with Crippen LogP contribution in [0.25, 0.3) is 11.3 Å². The Hall–Kier alpha value is -2.87. The van der Waals surface area contributed by atoms with Gasteiger partial charge in [0.1, 0.15) is 5.76 Å². The molecule has 0 spiro atoms. The minimum atomic E-state index is -1.17. The normalized spacial score (nSPS) is 10.4. The minimum Gasteiger partial charge on any atom is -0.478 e. The van der Waals surface area contributed by atoms with Gasteiger partial charge in [-0.15, -0.1) is 0 Å². The summed E-state index contributed by atoms with van der Waals surface area (Å²) < 4.78 is 5.59. The van der Waals surface area contributed by atoms with Crippen molar-refractivity contribution in [3.8, 4) is 11.3 Å². The number of benzene rings is 2. The van der Waals surface area contributed by atoms with Crippen molar-refractivity contribution < 1.29 is 19.1 Å². The van der Waals surface area contributed by atoms with Gasteiger partial charge in [0, 0.05) is 16.3 Å². The highest BCUT2D eigenvalue weighted by atomic mass is 35.5. The highest BCUT2D eigenvalue weighted by Crippen LogP contribution is 2.27. The molecule has 1 amide bonds. The summed E-state index contributed by atoms with van der Waals surface area (Å²) in [6, 6.07) is 12.9. The number of hydrogen-bond acceptors (Lipinski definition) is 4. The van der Waals surface area contributed by atoms with Crippen LogP contribution in [0.4, 0.5) is 5.69 Å². The third kappa shape index (κ3) is 4.95. The van der Waals surface area contributed by atoms with Crippen molar-refractivity contribution in [2.75, 3.05) is 5.32 Å². The average molecular weight is 449 g/mol. The number of carbonyl (C=O) groups excluding carboxylic acids is 1. The summed E-state index contributed by atoms with van der Waals surface area (Å²) in [6.45, 7) is 1.89. The molecule has 2 aromatic carbocycles. The maximum absolute atomic E-state index is 12.4. The number of carboxylic acid groups (broad SMARTS) is 1. The predicted molar refractivity (Wildman–Crippen MR) is 116 cm³/mol. The quantitative estimate of drug-likeness (QED) is 0.463. The first-order valence-electron chi connectivity index (χ1n) is 8.26. The number of hydrogen-bond donors (Lipinski definition) is 3. The molecule has 0 aliphatic carbocycles. The molecule has 3 rings (SSSR count). The Balaban J connectivity index is 1.68. The van der Waals surface area contributed by atoms with E-state index >= 15 is 0 Å². The monoisotopic (exact) mass is 448 g/mol.